The Morgan fingerprint density at radius 1 is 1.03 bits per heavy atom. The van der Waals surface area contributed by atoms with Crippen molar-refractivity contribution in [2.24, 2.45) is 10.9 Å². The molecule has 0 bridgehead atoms. The SMILES string of the molecule is [O-]C(=NC(Cc1ccc2c(c1)OCCO2)CN1CCCC1)[C@@H]1CCN(c2ccc3ccsc3c2)C1. The molecule has 3 aromatic rings. The lowest BCUT2D eigenvalue weighted by atomic mass is 10.0. The summed E-state index contributed by atoms with van der Waals surface area (Å²) >= 11 is 1.77. The van der Waals surface area contributed by atoms with Gasteiger partial charge in [-0.15, -0.1) is 11.3 Å². The Bertz CT molecular complexity index is 1200. The van der Waals surface area contributed by atoms with Gasteiger partial charge in [-0.3, -0.25) is 0 Å². The molecule has 0 radical (unpaired) electrons. The molecule has 6 nitrogen and oxygen atoms in total. The summed E-state index contributed by atoms with van der Waals surface area (Å²) in [5.74, 6) is 1.63. The summed E-state index contributed by atoms with van der Waals surface area (Å²) < 4.78 is 12.8. The van der Waals surface area contributed by atoms with Gasteiger partial charge in [0.1, 0.15) is 13.2 Å². The fourth-order valence-electron chi connectivity index (χ4n) is 5.52. The van der Waals surface area contributed by atoms with Gasteiger partial charge in [0.05, 0.1) is 6.04 Å². The molecule has 7 heteroatoms. The molecule has 6 rings (SSSR count). The van der Waals surface area contributed by atoms with Gasteiger partial charge in [0.25, 0.3) is 0 Å². The van der Waals surface area contributed by atoms with Crippen LogP contribution in [-0.2, 0) is 6.42 Å². The number of thiophene rings is 1. The zero-order valence-corrected chi connectivity index (χ0v) is 20.8. The number of ether oxygens (including phenoxy) is 2. The third kappa shape index (κ3) is 5.11. The molecule has 3 aliphatic rings. The second-order valence-electron chi connectivity index (χ2n) is 9.89. The Balaban J connectivity index is 1.17. The predicted octanol–water partition coefficient (Wildman–Crippen LogP) is 3.96. The van der Waals surface area contributed by atoms with Gasteiger partial charge in [0.2, 0.25) is 0 Å². The van der Waals surface area contributed by atoms with E-state index in [0.717, 1.165) is 62.6 Å². The van der Waals surface area contributed by atoms with Crippen LogP contribution in [0.5, 0.6) is 11.5 Å². The van der Waals surface area contributed by atoms with Gasteiger partial charge in [-0.05, 0) is 91.3 Å². The van der Waals surface area contributed by atoms with E-state index in [1.807, 2.05) is 6.07 Å². The van der Waals surface area contributed by atoms with Crippen molar-refractivity contribution in [2.45, 2.75) is 31.7 Å². The molecule has 0 aliphatic carbocycles. The lowest BCUT2D eigenvalue weighted by Crippen LogP contribution is -2.36. The predicted molar refractivity (Wildman–Crippen MR) is 140 cm³/mol. The number of likely N-dealkylation sites (tertiary alicyclic amines) is 1. The van der Waals surface area contributed by atoms with Crippen LogP contribution >= 0.6 is 11.3 Å². The van der Waals surface area contributed by atoms with E-state index in [4.69, 9.17) is 14.5 Å². The summed E-state index contributed by atoms with van der Waals surface area (Å²) in [5, 5.41) is 16.8. The van der Waals surface area contributed by atoms with Gasteiger partial charge in [0.15, 0.2) is 11.5 Å². The first-order valence-electron chi connectivity index (χ1n) is 12.8. The molecule has 3 aliphatic heterocycles. The number of nitrogens with zero attached hydrogens (tertiary/aromatic N) is 3. The van der Waals surface area contributed by atoms with Crippen molar-refractivity contribution in [3.63, 3.8) is 0 Å². The summed E-state index contributed by atoms with van der Waals surface area (Å²) in [4.78, 5) is 9.62. The maximum Gasteiger partial charge on any atom is 0.161 e. The maximum atomic E-state index is 13.3. The van der Waals surface area contributed by atoms with Crippen LogP contribution in [0.2, 0.25) is 0 Å². The number of aliphatic imine (C=N–C) groups is 1. The van der Waals surface area contributed by atoms with E-state index in [1.165, 1.54) is 28.6 Å². The lowest BCUT2D eigenvalue weighted by molar-refractivity contribution is -0.223. The minimum Gasteiger partial charge on any atom is -0.862 e. The average molecular weight is 491 g/mol. The van der Waals surface area contributed by atoms with Crippen molar-refractivity contribution in [3.8, 4) is 11.5 Å². The number of benzene rings is 2. The van der Waals surface area contributed by atoms with Crippen LogP contribution in [0.4, 0.5) is 5.69 Å². The van der Waals surface area contributed by atoms with Crippen molar-refractivity contribution in [3.05, 3.63) is 53.4 Å². The molecular weight excluding hydrogens is 458 g/mol. The first kappa shape index (κ1) is 22.7. The van der Waals surface area contributed by atoms with Crippen LogP contribution in [-0.4, -0.2) is 62.8 Å². The summed E-state index contributed by atoms with van der Waals surface area (Å²) in [5.41, 5.74) is 2.35. The number of fused-ring (bicyclic) bond motifs is 2. The highest BCUT2D eigenvalue weighted by molar-refractivity contribution is 7.17. The molecule has 35 heavy (non-hydrogen) atoms. The topological polar surface area (TPSA) is 60.4 Å². The molecule has 0 N–H and O–H groups in total. The molecule has 0 saturated carbocycles. The van der Waals surface area contributed by atoms with Crippen molar-refractivity contribution < 1.29 is 14.6 Å². The van der Waals surface area contributed by atoms with Gasteiger partial charge in [0, 0.05) is 35.9 Å². The highest BCUT2D eigenvalue weighted by Gasteiger charge is 2.25. The van der Waals surface area contributed by atoms with Gasteiger partial charge >= 0.3 is 0 Å². The Morgan fingerprint density at radius 3 is 2.77 bits per heavy atom. The third-order valence-corrected chi connectivity index (χ3v) is 8.28. The summed E-state index contributed by atoms with van der Waals surface area (Å²) in [7, 11) is 0. The van der Waals surface area contributed by atoms with Crippen LogP contribution in [0.3, 0.4) is 0 Å². The normalized spacial score (nSPS) is 21.7. The van der Waals surface area contributed by atoms with E-state index in [0.29, 0.717) is 13.2 Å². The van der Waals surface area contributed by atoms with Crippen molar-refractivity contribution >= 4 is 33.0 Å². The van der Waals surface area contributed by atoms with Crippen LogP contribution < -0.4 is 19.5 Å². The zero-order chi connectivity index (χ0) is 23.6. The fraction of sp³-hybridized carbons (Fsp3) is 0.464. The third-order valence-electron chi connectivity index (χ3n) is 7.40. The maximum absolute atomic E-state index is 13.3. The van der Waals surface area contributed by atoms with E-state index in [9.17, 15) is 5.11 Å². The van der Waals surface area contributed by atoms with E-state index in [1.54, 1.807) is 11.3 Å². The van der Waals surface area contributed by atoms with Crippen LogP contribution in [0.15, 0.2) is 52.8 Å². The molecule has 2 saturated heterocycles. The molecule has 2 atom stereocenters. The highest BCUT2D eigenvalue weighted by Crippen LogP contribution is 2.32. The van der Waals surface area contributed by atoms with Crippen molar-refractivity contribution in [1.82, 2.24) is 4.90 Å². The molecule has 0 spiro atoms. The van der Waals surface area contributed by atoms with Crippen molar-refractivity contribution in [2.75, 3.05) is 50.8 Å². The monoisotopic (exact) mass is 490 g/mol. The minimum absolute atomic E-state index is 0.0321. The van der Waals surface area contributed by atoms with Gasteiger partial charge in [-0.1, -0.05) is 12.1 Å². The molecule has 1 unspecified atom stereocenters. The first-order valence-corrected chi connectivity index (χ1v) is 13.7. The van der Waals surface area contributed by atoms with Crippen LogP contribution in [0, 0.1) is 5.92 Å². The van der Waals surface area contributed by atoms with E-state index >= 15 is 0 Å². The van der Waals surface area contributed by atoms with E-state index in [-0.39, 0.29) is 17.9 Å². The molecule has 184 valence electrons. The molecule has 1 aromatic heterocycles. The van der Waals surface area contributed by atoms with Gasteiger partial charge in [-0.25, -0.2) is 0 Å². The van der Waals surface area contributed by atoms with Crippen LogP contribution in [0.1, 0.15) is 24.8 Å². The van der Waals surface area contributed by atoms with Crippen molar-refractivity contribution in [1.29, 1.82) is 0 Å². The second kappa shape index (κ2) is 10.1. The quantitative estimate of drug-likeness (QED) is 0.371. The first-order chi connectivity index (χ1) is 17.2. The smallest absolute Gasteiger partial charge is 0.161 e. The minimum atomic E-state index is -0.0420. The number of hydrogen-bond acceptors (Lipinski definition) is 7. The molecule has 2 aromatic carbocycles. The van der Waals surface area contributed by atoms with Gasteiger partial charge < -0.3 is 29.4 Å². The molecule has 0 amide bonds. The average Bonchev–Trinajstić information content (AvgIpc) is 3.65. The Hall–Kier alpha value is -2.77. The zero-order valence-electron chi connectivity index (χ0n) is 20.0. The number of rotatable bonds is 7. The second-order valence-corrected chi connectivity index (χ2v) is 10.8. The Labute approximate surface area is 210 Å². The number of anilines is 1. The number of hydrogen-bond donors (Lipinski definition) is 0. The summed E-state index contributed by atoms with van der Waals surface area (Å²) in [6.45, 7) is 5.86. The van der Waals surface area contributed by atoms with E-state index in [2.05, 4.69) is 51.6 Å². The van der Waals surface area contributed by atoms with E-state index < -0.39 is 0 Å². The molecular formula is C28H32N3O3S-. The lowest BCUT2D eigenvalue weighted by Gasteiger charge is -2.26. The largest absolute Gasteiger partial charge is 0.862 e. The molecule has 4 heterocycles. The molecule has 2 fully saturated rings. The van der Waals surface area contributed by atoms with Gasteiger partial charge in [-0.2, -0.15) is 0 Å². The fourth-order valence-corrected chi connectivity index (χ4v) is 6.35. The Morgan fingerprint density at radius 2 is 1.89 bits per heavy atom. The highest BCUT2D eigenvalue weighted by atomic mass is 32.1. The Kier molecular flexibility index (Phi) is 6.53. The summed E-state index contributed by atoms with van der Waals surface area (Å²) in [6.07, 6.45) is 4.07. The standard InChI is InChI=1S/C28H33N3O3S/c32-28(22-7-11-31(18-22)24-5-4-21-8-14-35-27(21)17-24)29-23(19-30-9-1-2-10-30)15-20-3-6-25-26(16-20)34-13-12-33-25/h3-6,8,14,16-17,22-23H,1-2,7,9-13,15,18-19H2,(H,29,32)/p-1/t22-,23?/m1/s1. The summed E-state index contributed by atoms with van der Waals surface area (Å²) in [6, 6.07) is 14.9. The van der Waals surface area contributed by atoms with Crippen LogP contribution in [0.25, 0.3) is 10.1 Å².